The average molecular weight is 292 g/mol. The van der Waals surface area contributed by atoms with Crippen LogP contribution in [0.5, 0.6) is 0 Å². The number of fused-ring (bicyclic) bond motifs is 1. The Labute approximate surface area is 120 Å². The summed E-state index contributed by atoms with van der Waals surface area (Å²) in [6.45, 7) is 0. The summed E-state index contributed by atoms with van der Waals surface area (Å²) in [4.78, 5) is 8.99. The van der Waals surface area contributed by atoms with E-state index in [4.69, 9.17) is 23.2 Å². The highest BCUT2D eigenvalue weighted by Crippen LogP contribution is 2.22. The molecule has 19 heavy (non-hydrogen) atoms. The fraction of sp³-hybridized carbons (Fsp3) is 0.143. The number of pyridine rings is 1. The number of rotatable bonds is 3. The molecule has 0 aliphatic rings. The van der Waals surface area contributed by atoms with Crippen molar-refractivity contribution in [2.45, 2.75) is 6.42 Å². The molecule has 0 spiro atoms. The first kappa shape index (κ1) is 12.5. The van der Waals surface area contributed by atoms with Crippen molar-refractivity contribution in [3.8, 4) is 5.69 Å². The summed E-state index contributed by atoms with van der Waals surface area (Å²) in [6.07, 6.45) is 2.44. The van der Waals surface area contributed by atoms with Crippen LogP contribution in [-0.4, -0.2) is 20.4 Å². The van der Waals surface area contributed by atoms with Crippen LogP contribution in [0.25, 0.3) is 16.9 Å². The quantitative estimate of drug-likeness (QED) is 0.686. The summed E-state index contributed by atoms with van der Waals surface area (Å²) >= 11 is 11.9. The number of aryl methyl sites for hydroxylation is 1. The monoisotopic (exact) mass is 291 g/mol. The molecule has 0 fully saturated rings. The molecule has 3 nitrogen and oxygen atoms in total. The third kappa shape index (κ3) is 2.31. The van der Waals surface area contributed by atoms with Crippen LogP contribution in [0.2, 0.25) is 5.02 Å². The van der Waals surface area contributed by atoms with Crippen LogP contribution in [0.15, 0.2) is 42.6 Å². The van der Waals surface area contributed by atoms with Crippen molar-refractivity contribution in [1.29, 1.82) is 0 Å². The molecule has 0 radical (unpaired) electrons. The minimum Gasteiger partial charge on any atom is -0.281 e. The lowest BCUT2D eigenvalue weighted by Crippen LogP contribution is -2.02. The van der Waals surface area contributed by atoms with Crippen molar-refractivity contribution >= 4 is 34.4 Å². The Morgan fingerprint density at radius 3 is 2.84 bits per heavy atom. The Kier molecular flexibility index (Phi) is 3.40. The number of hydrogen-bond donors (Lipinski definition) is 0. The zero-order valence-corrected chi connectivity index (χ0v) is 11.6. The van der Waals surface area contributed by atoms with E-state index in [1.807, 2.05) is 41.0 Å². The summed E-state index contributed by atoms with van der Waals surface area (Å²) in [6, 6.07) is 11.5. The second-order valence-electron chi connectivity index (χ2n) is 4.13. The Hall–Kier alpha value is -1.58. The van der Waals surface area contributed by atoms with Gasteiger partial charge in [0, 0.05) is 23.5 Å². The zero-order valence-electron chi connectivity index (χ0n) is 10.1. The van der Waals surface area contributed by atoms with Gasteiger partial charge in [0.25, 0.3) is 0 Å². The molecule has 96 valence electrons. The van der Waals surface area contributed by atoms with Gasteiger partial charge in [0.15, 0.2) is 5.65 Å². The second kappa shape index (κ2) is 5.19. The van der Waals surface area contributed by atoms with Gasteiger partial charge < -0.3 is 0 Å². The van der Waals surface area contributed by atoms with Crippen LogP contribution in [-0.2, 0) is 6.42 Å². The van der Waals surface area contributed by atoms with E-state index in [9.17, 15) is 0 Å². The fourth-order valence-corrected chi connectivity index (χ4v) is 2.45. The van der Waals surface area contributed by atoms with Crippen LogP contribution >= 0.6 is 23.2 Å². The summed E-state index contributed by atoms with van der Waals surface area (Å²) in [7, 11) is 0. The van der Waals surface area contributed by atoms with Crippen molar-refractivity contribution in [1.82, 2.24) is 14.5 Å². The number of nitrogens with zero attached hydrogens (tertiary/aromatic N) is 3. The van der Waals surface area contributed by atoms with Crippen LogP contribution in [0, 0.1) is 0 Å². The van der Waals surface area contributed by atoms with E-state index in [1.165, 1.54) is 0 Å². The average Bonchev–Trinajstić information content (AvgIpc) is 2.77. The van der Waals surface area contributed by atoms with Crippen molar-refractivity contribution in [3.63, 3.8) is 0 Å². The summed E-state index contributed by atoms with van der Waals surface area (Å²) in [5, 5.41) is 0.687. The summed E-state index contributed by atoms with van der Waals surface area (Å²) in [5.41, 5.74) is 2.64. The molecule has 5 heteroatoms. The second-order valence-corrected chi connectivity index (χ2v) is 4.94. The van der Waals surface area contributed by atoms with Gasteiger partial charge in [-0.05, 0) is 30.3 Å². The zero-order chi connectivity index (χ0) is 13.2. The van der Waals surface area contributed by atoms with Gasteiger partial charge in [-0.2, -0.15) is 0 Å². The van der Waals surface area contributed by atoms with Crippen LogP contribution in [0.1, 0.15) is 5.82 Å². The van der Waals surface area contributed by atoms with Crippen molar-refractivity contribution < 1.29 is 0 Å². The number of aromatic nitrogens is 3. The Morgan fingerprint density at radius 1 is 1.16 bits per heavy atom. The van der Waals surface area contributed by atoms with Gasteiger partial charge in [0.05, 0.1) is 5.69 Å². The Bertz CT molecular complexity index is 722. The molecular formula is C14H11Cl2N3. The smallest absolute Gasteiger partial charge is 0.164 e. The minimum atomic E-state index is 0.518. The maximum absolute atomic E-state index is 6.06. The first-order chi connectivity index (χ1) is 9.29. The Balaban J connectivity index is 2.28. The highest BCUT2D eigenvalue weighted by molar-refractivity contribution is 6.30. The lowest BCUT2D eigenvalue weighted by molar-refractivity contribution is 0.905. The fourth-order valence-electron chi connectivity index (χ4n) is 2.10. The number of halogens is 2. The molecule has 3 aromatic rings. The number of imidazole rings is 1. The van der Waals surface area contributed by atoms with E-state index in [1.54, 1.807) is 6.20 Å². The van der Waals surface area contributed by atoms with Gasteiger partial charge >= 0.3 is 0 Å². The highest BCUT2D eigenvalue weighted by atomic mass is 35.5. The SMILES string of the molecule is ClCCc1nc2cccnc2n1-c1cccc(Cl)c1. The molecule has 0 unspecified atom stereocenters. The molecule has 0 aliphatic heterocycles. The maximum Gasteiger partial charge on any atom is 0.164 e. The van der Waals surface area contributed by atoms with Gasteiger partial charge in [-0.1, -0.05) is 17.7 Å². The number of alkyl halides is 1. The lowest BCUT2D eigenvalue weighted by Gasteiger charge is -2.08. The Morgan fingerprint density at radius 2 is 2.05 bits per heavy atom. The van der Waals surface area contributed by atoms with Crippen molar-refractivity contribution in [2.24, 2.45) is 0 Å². The van der Waals surface area contributed by atoms with Crippen molar-refractivity contribution in [3.05, 3.63) is 53.4 Å². The van der Waals surface area contributed by atoms with E-state index in [2.05, 4.69) is 9.97 Å². The number of hydrogen-bond acceptors (Lipinski definition) is 2. The van der Waals surface area contributed by atoms with Gasteiger partial charge in [0.1, 0.15) is 11.3 Å². The molecule has 2 heterocycles. The molecule has 2 aromatic heterocycles. The molecular weight excluding hydrogens is 281 g/mol. The minimum absolute atomic E-state index is 0.518. The van der Waals surface area contributed by atoms with E-state index in [0.29, 0.717) is 17.3 Å². The van der Waals surface area contributed by atoms with Gasteiger partial charge in [-0.25, -0.2) is 9.97 Å². The molecule has 0 saturated carbocycles. The predicted molar refractivity (Wildman–Crippen MR) is 78.3 cm³/mol. The molecule has 0 N–H and O–H groups in total. The lowest BCUT2D eigenvalue weighted by atomic mass is 10.3. The summed E-state index contributed by atoms with van der Waals surface area (Å²) < 4.78 is 2.00. The van der Waals surface area contributed by atoms with Gasteiger partial charge in [-0.3, -0.25) is 4.57 Å². The highest BCUT2D eigenvalue weighted by Gasteiger charge is 2.12. The molecule has 0 saturated heterocycles. The molecule has 3 rings (SSSR count). The van der Waals surface area contributed by atoms with E-state index >= 15 is 0 Å². The molecule has 0 aliphatic carbocycles. The molecule has 0 amide bonds. The van der Waals surface area contributed by atoms with Crippen molar-refractivity contribution in [2.75, 3.05) is 5.88 Å². The largest absolute Gasteiger partial charge is 0.281 e. The first-order valence-corrected chi connectivity index (χ1v) is 6.85. The topological polar surface area (TPSA) is 30.7 Å². The maximum atomic E-state index is 6.06. The van der Waals surface area contributed by atoms with Crippen LogP contribution in [0.3, 0.4) is 0 Å². The molecule has 1 aromatic carbocycles. The third-order valence-electron chi connectivity index (χ3n) is 2.87. The van der Waals surface area contributed by atoms with Gasteiger partial charge in [0.2, 0.25) is 0 Å². The third-order valence-corrected chi connectivity index (χ3v) is 3.29. The van der Waals surface area contributed by atoms with E-state index in [-0.39, 0.29) is 0 Å². The predicted octanol–water partition coefficient (Wildman–Crippen LogP) is 3.86. The van der Waals surface area contributed by atoms with Crippen LogP contribution in [0.4, 0.5) is 0 Å². The van der Waals surface area contributed by atoms with E-state index < -0.39 is 0 Å². The van der Waals surface area contributed by atoms with Crippen LogP contribution < -0.4 is 0 Å². The standard InChI is InChI=1S/C14H11Cl2N3/c15-7-6-13-18-12-5-2-8-17-14(12)19(13)11-4-1-3-10(16)9-11/h1-5,8-9H,6-7H2. The normalized spacial score (nSPS) is 11.1. The molecule has 0 atom stereocenters. The van der Waals surface area contributed by atoms with E-state index in [0.717, 1.165) is 22.7 Å². The first-order valence-electron chi connectivity index (χ1n) is 5.94. The molecule has 0 bridgehead atoms. The van der Waals surface area contributed by atoms with Gasteiger partial charge in [-0.15, -0.1) is 11.6 Å². The number of benzene rings is 1. The summed E-state index contributed by atoms with van der Waals surface area (Å²) in [5.74, 6) is 1.41.